The van der Waals surface area contributed by atoms with Crippen LogP contribution in [-0.2, 0) is 0 Å². The van der Waals surface area contributed by atoms with Crippen molar-refractivity contribution in [1.82, 2.24) is 10.2 Å². The maximum Gasteiger partial charge on any atom is 0.248 e. The SMILES string of the molecule is COc1cccc(-c2nnc(-c3ccc(C(O)O)cc3)o2)c1. The zero-order valence-corrected chi connectivity index (χ0v) is 11.8. The molecular weight excluding hydrogens is 284 g/mol. The van der Waals surface area contributed by atoms with Crippen LogP contribution in [0.2, 0.25) is 0 Å². The van der Waals surface area contributed by atoms with Gasteiger partial charge in [-0.05, 0) is 30.3 Å². The smallest absolute Gasteiger partial charge is 0.248 e. The lowest BCUT2D eigenvalue weighted by Gasteiger charge is -2.03. The van der Waals surface area contributed by atoms with Gasteiger partial charge >= 0.3 is 0 Å². The van der Waals surface area contributed by atoms with Gasteiger partial charge in [-0.1, -0.05) is 18.2 Å². The summed E-state index contributed by atoms with van der Waals surface area (Å²) in [5, 5.41) is 26.2. The summed E-state index contributed by atoms with van der Waals surface area (Å²) in [7, 11) is 1.59. The Morgan fingerprint density at radius 1 is 0.955 bits per heavy atom. The average Bonchev–Trinajstić information content (AvgIpc) is 3.05. The quantitative estimate of drug-likeness (QED) is 0.719. The highest BCUT2D eigenvalue weighted by molar-refractivity contribution is 5.59. The molecule has 0 saturated carbocycles. The summed E-state index contributed by atoms with van der Waals surface area (Å²) < 4.78 is 10.8. The molecule has 0 atom stereocenters. The summed E-state index contributed by atoms with van der Waals surface area (Å²) in [4.78, 5) is 0. The molecule has 3 rings (SSSR count). The molecule has 1 heterocycles. The molecule has 0 spiro atoms. The Balaban J connectivity index is 1.89. The van der Waals surface area contributed by atoms with Crippen LogP contribution in [0.25, 0.3) is 22.9 Å². The number of aliphatic hydroxyl groups excluding tert-OH is 1. The Hall–Kier alpha value is -2.70. The topological polar surface area (TPSA) is 88.6 Å². The summed E-state index contributed by atoms with van der Waals surface area (Å²) in [6.45, 7) is 0. The Bertz CT molecular complexity index is 766. The summed E-state index contributed by atoms with van der Waals surface area (Å²) in [6, 6.07) is 13.9. The fourth-order valence-corrected chi connectivity index (χ4v) is 2.01. The third kappa shape index (κ3) is 2.83. The lowest BCUT2D eigenvalue weighted by molar-refractivity contribution is -0.0424. The second kappa shape index (κ2) is 5.97. The summed E-state index contributed by atoms with van der Waals surface area (Å²) in [5.74, 6) is 1.45. The van der Waals surface area contributed by atoms with Crippen molar-refractivity contribution in [3.8, 4) is 28.7 Å². The van der Waals surface area contributed by atoms with E-state index in [4.69, 9.17) is 19.4 Å². The van der Waals surface area contributed by atoms with Crippen molar-refractivity contribution < 1.29 is 19.4 Å². The van der Waals surface area contributed by atoms with Gasteiger partial charge in [0.25, 0.3) is 0 Å². The van der Waals surface area contributed by atoms with Crippen molar-refractivity contribution in [3.05, 3.63) is 54.1 Å². The van der Waals surface area contributed by atoms with Crippen molar-refractivity contribution in [2.24, 2.45) is 0 Å². The molecule has 1 aromatic heterocycles. The lowest BCUT2D eigenvalue weighted by atomic mass is 10.1. The van der Waals surface area contributed by atoms with Crippen molar-refractivity contribution in [2.45, 2.75) is 6.29 Å². The highest BCUT2D eigenvalue weighted by Crippen LogP contribution is 2.26. The van der Waals surface area contributed by atoms with Gasteiger partial charge < -0.3 is 19.4 Å². The Kier molecular flexibility index (Phi) is 3.86. The molecule has 0 bridgehead atoms. The molecule has 0 unspecified atom stereocenters. The zero-order valence-electron chi connectivity index (χ0n) is 11.8. The van der Waals surface area contributed by atoms with E-state index in [2.05, 4.69) is 10.2 Å². The predicted octanol–water partition coefficient (Wildman–Crippen LogP) is 2.40. The van der Waals surface area contributed by atoms with E-state index in [9.17, 15) is 0 Å². The molecule has 0 saturated heterocycles. The highest BCUT2D eigenvalue weighted by atomic mass is 16.5. The normalized spacial score (nSPS) is 10.9. The highest BCUT2D eigenvalue weighted by Gasteiger charge is 2.11. The number of ether oxygens (including phenoxy) is 1. The molecule has 6 nitrogen and oxygen atoms in total. The van der Waals surface area contributed by atoms with Gasteiger partial charge in [-0.3, -0.25) is 0 Å². The third-order valence-electron chi connectivity index (χ3n) is 3.20. The molecule has 0 aliphatic carbocycles. The Labute approximate surface area is 126 Å². The minimum absolute atomic E-state index is 0.358. The van der Waals surface area contributed by atoms with Crippen LogP contribution >= 0.6 is 0 Å². The largest absolute Gasteiger partial charge is 0.497 e. The second-order valence-electron chi connectivity index (χ2n) is 4.64. The van der Waals surface area contributed by atoms with E-state index in [-0.39, 0.29) is 0 Å². The maximum atomic E-state index is 9.08. The molecular formula is C16H14N2O4. The standard InChI is InChI=1S/C16H14N2O4/c1-21-13-4-2-3-12(9-13)15-18-17-14(22-15)10-5-7-11(8-6-10)16(19)20/h2-9,16,19-20H,1H3. The molecule has 2 N–H and O–H groups in total. The van der Waals surface area contributed by atoms with Crippen LogP contribution in [0.5, 0.6) is 5.75 Å². The van der Waals surface area contributed by atoms with Crippen molar-refractivity contribution in [3.63, 3.8) is 0 Å². The predicted molar refractivity (Wildman–Crippen MR) is 78.9 cm³/mol. The van der Waals surface area contributed by atoms with E-state index >= 15 is 0 Å². The maximum absolute atomic E-state index is 9.08. The molecule has 6 heteroatoms. The number of hydrogen-bond donors (Lipinski definition) is 2. The molecule has 3 aromatic rings. The molecule has 0 radical (unpaired) electrons. The molecule has 0 aliphatic rings. The monoisotopic (exact) mass is 298 g/mol. The lowest BCUT2D eigenvalue weighted by Crippen LogP contribution is -1.93. The molecule has 22 heavy (non-hydrogen) atoms. The number of nitrogens with zero attached hydrogens (tertiary/aromatic N) is 2. The van der Waals surface area contributed by atoms with Crippen LogP contribution in [0.15, 0.2) is 52.9 Å². The van der Waals surface area contributed by atoms with Crippen LogP contribution in [0.4, 0.5) is 0 Å². The summed E-state index contributed by atoms with van der Waals surface area (Å²) >= 11 is 0. The van der Waals surface area contributed by atoms with Gasteiger partial charge in [-0.25, -0.2) is 0 Å². The molecule has 0 fully saturated rings. The number of methoxy groups -OCH3 is 1. The number of hydrogen-bond acceptors (Lipinski definition) is 6. The molecule has 0 amide bonds. The first-order chi connectivity index (χ1) is 10.7. The van der Waals surface area contributed by atoms with E-state index in [0.717, 1.165) is 5.56 Å². The minimum Gasteiger partial charge on any atom is -0.497 e. The van der Waals surface area contributed by atoms with Crippen molar-refractivity contribution >= 4 is 0 Å². The second-order valence-corrected chi connectivity index (χ2v) is 4.64. The van der Waals surface area contributed by atoms with Gasteiger partial charge in [0, 0.05) is 16.7 Å². The van der Waals surface area contributed by atoms with Crippen molar-refractivity contribution in [2.75, 3.05) is 7.11 Å². The first-order valence-electron chi connectivity index (χ1n) is 6.62. The summed E-state index contributed by atoms with van der Waals surface area (Å²) in [5.41, 5.74) is 1.86. The van der Waals surface area contributed by atoms with E-state index in [0.29, 0.717) is 28.7 Å². The molecule has 2 aromatic carbocycles. The van der Waals surface area contributed by atoms with Crippen LogP contribution in [0.1, 0.15) is 11.9 Å². The van der Waals surface area contributed by atoms with Crippen molar-refractivity contribution in [1.29, 1.82) is 0 Å². The zero-order chi connectivity index (χ0) is 15.5. The number of benzene rings is 2. The number of aromatic nitrogens is 2. The van der Waals surface area contributed by atoms with Gasteiger partial charge in [0.15, 0.2) is 6.29 Å². The van der Waals surface area contributed by atoms with Gasteiger partial charge in [-0.15, -0.1) is 10.2 Å². The van der Waals surface area contributed by atoms with E-state index in [1.807, 2.05) is 24.3 Å². The fourth-order valence-electron chi connectivity index (χ4n) is 2.01. The third-order valence-corrected chi connectivity index (χ3v) is 3.20. The average molecular weight is 298 g/mol. The van der Waals surface area contributed by atoms with Gasteiger partial charge in [0.2, 0.25) is 11.8 Å². The Morgan fingerprint density at radius 2 is 1.64 bits per heavy atom. The van der Waals surface area contributed by atoms with E-state index in [1.54, 1.807) is 31.4 Å². The summed E-state index contributed by atoms with van der Waals surface area (Å²) in [6.07, 6.45) is -1.50. The molecule has 112 valence electrons. The van der Waals surface area contributed by atoms with Gasteiger partial charge in [0.05, 0.1) is 7.11 Å². The van der Waals surface area contributed by atoms with Crippen LogP contribution in [0.3, 0.4) is 0 Å². The van der Waals surface area contributed by atoms with Crippen LogP contribution in [0, 0.1) is 0 Å². The van der Waals surface area contributed by atoms with Crippen LogP contribution in [-0.4, -0.2) is 27.5 Å². The first-order valence-corrected chi connectivity index (χ1v) is 6.62. The first kappa shape index (κ1) is 14.2. The molecule has 0 aliphatic heterocycles. The van der Waals surface area contributed by atoms with Crippen LogP contribution < -0.4 is 4.74 Å². The minimum atomic E-state index is -1.50. The van der Waals surface area contributed by atoms with E-state index in [1.165, 1.54) is 0 Å². The number of rotatable bonds is 4. The van der Waals surface area contributed by atoms with Gasteiger partial charge in [0.1, 0.15) is 5.75 Å². The van der Waals surface area contributed by atoms with Gasteiger partial charge in [-0.2, -0.15) is 0 Å². The Morgan fingerprint density at radius 3 is 2.27 bits per heavy atom. The number of aliphatic hydroxyl groups is 2. The fraction of sp³-hybridized carbons (Fsp3) is 0.125. The van der Waals surface area contributed by atoms with E-state index < -0.39 is 6.29 Å².